The zero-order valence-corrected chi connectivity index (χ0v) is 15.6. The lowest BCUT2D eigenvalue weighted by Crippen LogP contribution is -2.15. The molecule has 0 atom stereocenters. The maximum atomic E-state index is 6.64. The molecule has 0 bridgehead atoms. The van der Waals surface area contributed by atoms with Crippen molar-refractivity contribution in [1.29, 1.82) is 0 Å². The first-order valence-corrected chi connectivity index (χ1v) is 8.70. The minimum atomic E-state index is 0.618. The van der Waals surface area contributed by atoms with Crippen molar-refractivity contribution in [1.82, 2.24) is 14.9 Å². The Labute approximate surface area is 154 Å². The van der Waals surface area contributed by atoms with Gasteiger partial charge in [-0.25, -0.2) is 4.98 Å². The fourth-order valence-electron chi connectivity index (χ4n) is 2.68. The summed E-state index contributed by atoms with van der Waals surface area (Å²) >= 11 is 6.64. The molecule has 0 aliphatic heterocycles. The highest BCUT2D eigenvalue weighted by atomic mass is 35.5. The van der Waals surface area contributed by atoms with Crippen LogP contribution >= 0.6 is 11.6 Å². The first-order valence-electron chi connectivity index (χ1n) is 8.32. The van der Waals surface area contributed by atoms with Gasteiger partial charge in [0.05, 0.1) is 5.69 Å². The normalized spacial score (nSPS) is 10.9. The van der Waals surface area contributed by atoms with Gasteiger partial charge in [0.25, 0.3) is 0 Å². The van der Waals surface area contributed by atoms with Crippen molar-refractivity contribution in [3.8, 4) is 5.69 Å². The summed E-state index contributed by atoms with van der Waals surface area (Å²) in [4.78, 5) is 6.70. The van der Waals surface area contributed by atoms with Crippen molar-refractivity contribution in [3.63, 3.8) is 0 Å². The largest absolute Gasteiger partial charge is 0.348 e. The van der Waals surface area contributed by atoms with E-state index in [1.165, 1.54) is 11.1 Å². The number of rotatable bonds is 6. The van der Waals surface area contributed by atoms with Crippen LogP contribution in [0.3, 0.4) is 0 Å². The molecule has 1 heterocycles. The molecule has 4 nitrogen and oxygen atoms in total. The summed E-state index contributed by atoms with van der Waals surface area (Å²) in [6.45, 7) is 3.50. The van der Waals surface area contributed by atoms with Gasteiger partial charge in [-0.2, -0.15) is 0 Å². The third-order valence-corrected chi connectivity index (χ3v) is 4.41. The van der Waals surface area contributed by atoms with Crippen molar-refractivity contribution >= 4 is 17.5 Å². The quantitative estimate of drug-likeness (QED) is 0.720. The Hall–Kier alpha value is -2.30. The van der Waals surface area contributed by atoms with Crippen LogP contribution in [0, 0.1) is 6.92 Å². The number of hydrogen-bond donors (Lipinski definition) is 1. The molecule has 3 aromatic rings. The summed E-state index contributed by atoms with van der Waals surface area (Å²) in [6.07, 6.45) is 0. The number of nitrogens with one attached hydrogen (secondary N) is 1. The van der Waals surface area contributed by atoms with Crippen molar-refractivity contribution in [2.75, 3.05) is 19.0 Å². The molecule has 1 N–H and O–H groups in total. The molecule has 0 aliphatic carbocycles. The molecule has 5 heteroatoms. The van der Waals surface area contributed by atoms with Crippen LogP contribution in [-0.2, 0) is 13.1 Å². The van der Waals surface area contributed by atoms with Gasteiger partial charge in [-0.3, -0.25) is 4.57 Å². The van der Waals surface area contributed by atoms with Crippen LogP contribution in [0.15, 0.2) is 54.6 Å². The zero-order chi connectivity index (χ0) is 17.8. The number of anilines is 1. The van der Waals surface area contributed by atoms with Crippen LogP contribution in [-0.4, -0.2) is 23.6 Å². The minimum Gasteiger partial charge on any atom is -0.348 e. The van der Waals surface area contributed by atoms with Crippen LogP contribution in [0.1, 0.15) is 16.8 Å². The number of nitrogens with zero attached hydrogens (tertiary/aromatic N) is 3. The van der Waals surface area contributed by atoms with Gasteiger partial charge in [0.15, 0.2) is 0 Å². The van der Waals surface area contributed by atoms with Gasteiger partial charge in [0.2, 0.25) is 5.95 Å². The van der Waals surface area contributed by atoms with E-state index in [-0.39, 0.29) is 0 Å². The van der Waals surface area contributed by atoms with E-state index >= 15 is 0 Å². The summed E-state index contributed by atoms with van der Waals surface area (Å²) in [7, 11) is 3.95. The van der Waals surface area contributed by atoms with Gasteiger partial charge in [0, 0.05) is 32.9 Å². The third kappa shape index (κ3) is 4.03. The average Bonchev–Trinajstić information content (AvgIpc) is 2.94. The Kier molecular flexibility index (Phi) is 5.41. The molecule has 0 fully saturated rings. The smallest absolute Gasteiger partial charge is 0.211 e. The lowest BCUT2D eigenvalue weighted by molar-refractivity contribution is 0.682. The van der Waals surface area contributed by atoms with E-state index in [1.807, 2.05) is 53.9 Å². The molecule has 130 valence electrons. The molecule has 25 heavy (non-hydrogen) atoms. The van der Waals surface area contributed by atoms with Crippen LogP contribution in [0.4, 0.5) is 5.95 Å². The monoisotopic (exact) mass is 354 g/mol. The maximum absolute atomic E-state index is 6.64. The van der Waals surface area contributed by atoms with Gasteiger partial charge in [-0.1, -0.05) is 59.6 Å². The molecular weight excluding hydrogens is 332 g/mol. The standard InChI is InChI=1S/C20H23ClN4/c1-15-9-11-16(12-10-15)13-22-14-18-19(21)25(20(23-18)24(2)3)17-7-5-4-6-8-17/h4-12,22H,13-14H2,1-3H3. The summed E-state index contributed by atoms with van der Waals surface area (Å²) in [5.74, 6) is 0.823. The van der Waals surface area contributed by atoms with Gasteiger partial charge in [-0.05, 0) is 24.6 Å². The third-order valence-electron chi connectivity index (χ3n) is 4.03. The number of halogens is 1. The summed E-state index contributed by atoms with van der Waals surface area (Å²) in [6, 6.07) is 18.6. The van der Waals surface area contributed by atoms with E-state index < -0.39 is 0 Å². The van der Waals surface area contributed by atoms with E-state index in [4.69, 9.17) is 16.6 Å². The first kappa shape index (κ1) is 17.5. The van der Waals surface area contributed by atoms with E-state index in [0.717, 1.165) is 23.9 Å². The van der Waals surface area contributed by atoms with Gasteiger partial charge >= 0.3 is 0 Å². The highest BCUT2D eigenvalue weighted by Gasteiger charge is 2.17. The second-order valence-corrected chi connectivity index (χ2v) is 6.66. The molecule has 0 radical (unpaired) electrons. The Bertz CT molecular complexity index is 823. The molecule has 0 amide bonds. The SMILES string of the molecule is Cc1ccc(CNCc2nc(N(C)C)n(-c3ccccc3)c2Cl)cc1. The molecule has 3 rings (SSSR count). The number of para-hydroxylation sites is 1. The molecule has 0 unspecified atom stereocenters. The van der Waals surface area contributed by atoms with Crippen molar-refractivity contribution in [2.45, 2.75) is 20.0 Å². The first-order chi connectivity index (χ1) is 12.1. The Balaban J connectivity index is 1.79. The van der Waals surface area contributed by atoms with E-state index in [1.54, 1.807) is 0 Å². The fourth-order valence-corrected chi connectivity index (χ4v) is 2.97. The van der Waals surface area contributed by atoms with Crippen molar-refractivity contribution < 1.29 is 0 Å². The average molecular weight is 355 g/mol. The topological polar surface area (TPSA) is 33.1 Å². The molecular formula is C20H23ClN4. The lowest BCUT2D eigenvalue weighted by atomic mass is 10.1. The van der Waals surface area contributed by atoms with Gasteiger partial charge in [0.1, 0.15) is 5.15 Å². The predicted octanol–water partition coefficient (Wildman–Crippen LogP) is 4.19. The maximum Gasteiger partial charge on any atom is 0.211 e. The van der Waals surface area contributed by atoms with Crippen LogP contribution in [0.25, 0.3) is 5.69 Å². The van der Waals surface area contributed by atoms with Crippen LogP contribution in [0.5, 0.6) is 0 Å². The zero-order valence-electron chi connectivity index (χ0n) is 14.8. The Morgan fingerprint density at radius 2 is 1.68 bits per heavy atom. The van der Waals surface area contributed by atoms with Crippen molar-refractivity contribution in [2.24, 2.45) is 0 Å². The minimum absolute atomic E-state index is 0.618. The second kappa shape index (κ2) is 7.72. The highest BCUT2D eigenvalue weighted by molar-refractivity contribution is 6.30. The van der Waals surface area contributed by atoms with E-state index in [9.17, 15) is 0 Å². The number of aryl methyl sites for hydroxylation is 1. The van der Waals surface area contributed by atoms with Crippen LogP contribution < -0.4 is 10.2 Å². The second-order valence-electron chi connectivity index (χ2n) is 6.30. The Morgan fingerprint density at radius 3 is 2.32 bits per heavy atom. The molecule has 0 saturated heterocycles. The molecule has 0 saturated carbocycles. The number of aromatic nitrogens is 2. The van der Waals surface area contributed by atoms with E-state index in [2.05, 4.69) is 36.5 Å². The predicted molar refractivity (Wildman–Crippen MR) is 105 cm³/mol. The summed E-state index contributed by atoms with van der Waals surface area (Å²) < 4.78 is 1.98. The fraction of sp³-hybridized carbons (Fsp3) is 0.250. The van der Waals surface area contributed by atoms with Gasteiger partial charge < -0.3 is 10.2 Å². The summed E-state index contributed by atoms with van der Waals surface area (Å²) in [5, 5.41) is 4.08. The number of benzene rings is 2. The summed E-state index contributed by atoms with van der Waals surface area (Å²) in [5.41, 5.74) is 4.37. The number of imidazole rings is 1. The molecule has 1 aromatic heterocycles. The van der Waals surface area contributed by atoms with E-state index in [0.29, 0.717) is 11.7 Å². The lowest BCUT2D eigenvalue weighted by Gasteiger charge is -2.14. The number of hydrogen-bond acceptors (Lipinski definition) is 3. The molecule has 0 spiro atoms. The van der Waals surface area contributed by atoms with Crippen molar-refractivity contribution in [3.05, 3.63) is 76.6 Å². The highest BCUT2D eigenvalue weighted by Crippen LogP contribution is 2.27. The van der Waals surface area contributed by atoms with Gasteiger partial charge in [-0.15, -0.1) is 0 Å². The molecule has 2 aromatic carbocycles. The Morgan fingerprint density at radius 1 is 1.00 bits per heavy atom. The molecule has 0 aliphatic rings. The van der Waals surface area contributed by atoms with Crippen LogP contribution in [0.2, 0.25) is 5.15 Å².